The van der Waals surface area contributed by atoms with Gasteiger partial charge in [0.1, 0.15) is 0 Å². The minimum Gasteiger partial charge on any atom is -0.414 e. The highest BCUT2D eigenvalue weighted by Crippen LogP contribution is 2.16. The van der Waals surface area contributed by atoms with Crippen molar-refractivity contribution < 1.29 is 4.42 Å². The van der Waals surface area contributed by atoms with E-state index in [2.05, 4.69) is 15.5 Å². The highest BCUT2D eigenvalue weighted by atomic mass is 32.1. The first-order valence-electron chi connectivity index (χ1n) is 4.98. The zero-order chi connectivity index (χ0) is 11.4. The van der Waals surface area contributed by atoms with E-state index in [1.54, 1.807) is 0 Å². The minimum atomic E-state index is 0.357. The van der Waals surface area contributed by atoms with E-state index >= 15 is 0 Å². The Labute approximate surface area is 98.7 Å². The largest absolute Gasteiger partial charge is 0.414 e. The van der Waals surface area contributed by atoms with Crippen LogP contribution < -0.4 is 5.32 Å². The van der Waals surface area contributed by atoms with Gasteiger partial charge in [0.2, 0.25) is 5.89 Å². The van der Waals surface area contributed by atoms with Crippen LogP contribution in [0.2, 0.25) is 0 Å². The molecule has 0 aliphatic heterocycles. The van der Waals surface area contributed by atoms with E-state index in [1.165, 1.54) is 0 Å². The van der Waals surface area contributed by atoms with Gasteiger partial charge in [-0.05, 0) is 19.1 Å². The molecule has 0 bridgehead atoms. The molecule has 1 aromatic heterocycles. The van der Waals surface area contributed by atoms with Crippen molar-refractivity contribution in [3.8, 4) is 11.5 Å². The van der Waals surface area contributed by atoms with Crippen molar-refractivity contribution in [1.29, 1.82) is 0 Å². The van der Waals surface area contributed by atoms with Crippen LogP contribution in [-0.4, -0.2) is 21.7 Å². The Morgan fingerprint density at radius 1 is 1.31 bits per heavy atom. The average Bonchev–Trinajstić information content (AvgIpc) is 2.80. The Morgan fingerprint density at radius 2 is 2.06 bits per heavy atom. The maximum atomic E-state index is 5.46. The highest BCUT2D eigenvalue weighted by Gasteiger charge is 2.11. The van der Waals surface area contributed by atoms with Gasteiger partial charge in [-0.1, -0.05) is 30.4 Å². The summed E-state index contributed by atoms with van der Waals surface area (Å²) < 4.78 is 5.46. The molecule has 1 N–H and O–H groups in total. The van der Waals surface area contributed by atoms with Gasteiger partial charge in [-0.2, -0.15) is 0 Å². The molecule has 5 heteroatoms. The van der Waals surface area contributed by atoms with Crippen molar-refractivity contribution >= 4 is 17.2 Å². The fourth-order valence-corrected chi connectivity index (χ4v) is 1.48. The van der Waals surface area contributed by atoms with Crippen molar-refractivity contribution in [3.63, 3.8) is 0 Å². The van der Waals surface area contributed by atoms with E-state index in [0.717, 1.165) is 12.1 Å². The van der Waals surface area contributed by atoms with Crippen molar-refractivity contribution in [2.24, 2.45) is 0 Å². The van der Waals surface area contributed by atoms with Crippen LogP contribution in [-0.2, 0) is 0 Å². The van der Waals surface area contributed by atoms with Gasteiger partial charge >= 0.3 is 0 Å². The minimum absolute atomic E-state index is 0.357. The van der Waals surface area contributed by atoms with Crippen LogP contribution in [0.4, 0.5) is 0 Å². The average molecular weight is 233 g/mol. The first-order chi connectivity index (χ1) is 7.81. The van der Waals surface area contributed by atoms with E-state index in [0.29, 0.717) is 16.8 Å². The molecule has 0 saturated heterocycles. The molecule has 2 rings (SSSR count). The zero-order valence-electron chi connectivity index (χ0n) is 8.80. The molecule has 16 heavy (non-hydrogen) atoms. The smallest absolute Gasteiger partial charge is 0.275 e. The second-order valence-electron chi connectivity index (χ2n) is 3.14. The van der Waals surface area contributed by atoms with Gasteiger partial charge in [0.25, 0.3) is 5.89 Å². The Kier molecular flexibility index (Phi) is 3.26. The molecule has 0 aliphatic rings. The predicted octanol–water partition coefficient (Wildman–Crippen LogP) is 2.02. The van der Waals surface area contributed by atoms with Gasteiger partial charge in [-0.15, -0.1) is 10.2 Å². The Morgan fingerprint density at radius 3 is 2.75 bits per heavy atom. The molecule has 0 atom stereocenters. The van der Waals surface area contributed by atoms with Crippen LogP contribution in [0.5, 0.6) is 0 Å². The van der Waals surface area contributed by atoms with E-state index in [4.69, 9.17) is 16.6 Å². The predicted molar refractivity (Wildman–Crippen MR) is 65.1 cm³/mol. The summed E-state index contributed by atoms with van der Waals surface area (Å²) in [4.78, 5) is 0.484. The molecular weight excluding hydrogens is 222 g/mol. The monoisotopic (exact) mass is 233 g/mol. The normalized spacial score (nSPS) is 10.1. The van der Waals surface area contributed by atoms with Crippen LogP contribution in [0.3, 0.4) is 0 Å². The lowest BCUT2D eigenvalue weighted by Gasteiger charge is -1.98. The molecule has 4 nitrogen and oxygen atoms in total. The molecule has 0 fully saturated rings. The number of aromatic nitrogens is 2. The molecule has 0 amide bonds. The Balaban J connectivity index is 2.23. The third kappa shape index (κ3) is 2.25. The third-order valence-electron chi connectivity index (χ3n) is 1.98. The third-order valence-corrected chi connectivity index (χ3v) is 2.30. The van der Waals surface area contributed by atoms with Gasteiger partial charge in [0.15, 0.2) is 4.99 Å². The topological polar surface area (TPSA) is 51.0 Å². The number of hydrogen-bond donors (Lipinski definition) is 1. The second-order valence-corrected chi connectivity index (χ2v) is 3.55. The summed E-state index contributed by atoms with van der Waals surface area (Å²) in [5.41, 5.74) is 0.889. The van der Waals surface area contributed by atoms with Crippen molar-refractivity contribution in [2.45, 2.75) is 6.92 Å². The molecule has 0 spiro atoms. The summed E-state index contributed by atoms with van der Waals surface area (Å²) in [7, 11) is 0. The van der Waals surface area contributed by atoms with Gasteiger partial charge in [-0.3, -0.25) is 0 Å². The number of hydrogen-bond acceptors (Lipinski definition) is 4. The SMILES string of the molecule is CCNC(=S)c1nnc(-c2ccccc2)o1. The summed E-state index contributed by atoms with van der Waals surface area (Å²) in [6, 6.07) is 9.59. The van der Waals surface area contributed by atoms with Crippen molar-refractivity contribution in [1.82, 2.24) is 15.5 Å². The Hall–Kier alpha value is -1.75. The number of benzene rings is 1. The second kappa shape index (κ2) is 4.85. The molecule has 0 saturated carbocycles. The van der Waals surface area contributed by atoms with Crippen LogP contribution in [0, 0.1) is 0 Å². The maximum absolute atomic E-state index is 5.46. The molecule has 0 radical (unpaired) electrons. The first kappa shape index (κ1) is 10.8. The fourth-order valence-electron chi connectivity index (χ4n) is 1.25. The summed E-state index contributed by atoms with van der Waals surface area (Å²) in [6.07, 6.45) is 0. The lowest BCUT2D eigenvalue weighted by atomic mass is 10.2. The molecule has 1 heterocycles. The molecule has 0 aliphatic carbocycles. The number of nitrogens with one attached hydrogen (secondary N) is 1. The van der Waals surface area contributed by atoms with Crippen LogP contribution in [0.15, 0.2) is 34.7 Å². The van der Waals surface area contributed by atoms with Gasteiger partial charge in [0.05, 0.1) is 0 Å². The number of thiocarbonyl (C=S) groups is 1. The quantitative estimate of drug-likeness (QED) is 0.822. The number of nitrogens with zero attached hydrogens (tertiary/aromatic N) is 2. The van der Waals surface area contributed by atoms with Crippen molar-refractivity contribution in [2.75, 3.05) is 6.54 Å². The van der Waals surface area contributed by atoms with Crippen LogP contribution in [0.25, 0.3) is 11.5 Å². The molecule has 82 valence electrons. The van der Waals surface area contributed by atoms with Gasteiger partial charge in [-0.25, -0.2) is 0 Å². The van der Waals surface area contributed by atoms with Gasteiger partial charge in [0, 0.05) is 12.1 Å². The first-order valence-corrected chi connectivity index (χ1v) is 5.39. The zero-order valence-corrected chi connectivity index (χ0v) is 9.62. The van der Waals surface area contributed by atoms with E-state index in [1.807, 2.05) is 37.3 Å². The van der Waals surface area contributed by atoms with Crippen LogP contribution >= 0.6 is 12.2 Å². The molecule has 2 aromatic rings. The molecular formula is C11H11N3OS. The van der Waals surface area contributed by atoms with Gasteiger partial charge < -0.3 is 9.73 Å². The van der Waals surface area contributed by atoms with Crippen LogP contribution in [0.1, 0.15) is 12.8 Å². The van der Waals surface area contributed by atoms with E-state index < -0.39 is 0 Å². The molecule has 0 unspecified atom stereocenters. The lowest BCUT2D eigenvalue weighted by Crippen LogP contribution is -2.21. The summed E-state index contributed by atoms with van der Waals surface area (Å²) in [6.45, 7) is 2.70. The van der Waals surface area contributed by atoms with Crippen molar-refractivity contribution in [3.05, 3.63) is 36.2 Å². The molecule has 1 aromatic carbocycles. The van der Waals surface area contributed by atoms with E-state index in [9.17, 15) is 0 Å². The number of rotatable bonds is 3. The highest BCUT2D eigenvalue weighted by molar-refractivity contribution is 7.80. The summed E-state index contributed by atoms with van der Waals surface area (Å²) in [5, 5.41) is 10.8. The maximum Gasteiger partial charge on any atom is 0.275 e. The van der Waals surface area contributed by atoms with E-state index in [-0.39, 0.29) is 0 Å². The Bertz CT molecular complexity index is 481. The lowest BCUT2D eigenvalue weighted by molar-refractivity contribution is 0.556. The summed E-state index contributed by atoms with van der Waals surface area (Å²) in [5.74, 6) is 0.839. The summed E-state index contributed by atoms with van der Waals surface area (Å²) >= 11 is 5.08. The fraction of sp³-hybridized carbons (Fsp3) is 0.182. The standard InChI is InChI=1S/C11H11N3OS/c1-2-12-11(16)10-14-13-9(15-10)8-6-4-3-5-7-8/h3-7H,2H2,1H3,(H,12,16).